The smallest absolute Gasteiger partial charge is 0.264 e. The summed E-state index contributed by atoms with van der Waals surface area (Å²) in [6.45, 7) is 1.65. The van der Waals surface area contributed by atoms with E-state index in [9.17, 15) is 9.18 Å². The van der Waals surface area contributed by atoms with Crippen LogP contribution in [0.4, 0.5) is 9.52 Å². The molecule has 0 bridgehead atoms. The van der Waals surface area contributed by atoms with Crippen molar-refractivity contribution in [2.75, 3.05) is 11.9 Å². The Morgan fingerprint density at radius 2 is 2.21 bits per heavy atom. The molecule has 5 nitrogen and oxygen atoms in total. The Bertz CT molecular complexity index is 852. The third-order valence-electron chi connectivity index (χ3n) is 3.13. The van der Waals surface area contributed by atoms with E-state index in [0.717, 1.165) is 16.1 Å². The number of amides is 1. The Labute approximate surface area is 142 Å². The van der Waals surface area contributed by atoms with Crippen molar-refractivity contribution in [1.29, 1.82) is 0 Å². The molecule has 0 spiro atoms. The number of ether oxygens (including phenoxy) is 1. The topological polar surface area (TPSA) is 64.1 Å². The zero-order valence-electron chi connectivity index (χ0n) is 12.8. The van der Waals surface area contributed by atoms with Crippen molar-refractivity contribution < 1.29 is 13.9 Å². The summed E-state index contributed by atoms with van der Waals surface area (Å²) in [5.41, 5.74) is 1.76. The van der Waals surface area contributed by atoms with Gasteiger partial charge in [0.05, 0.1) is 10.6 Å². The normalized spacial score (nSPS) is 10.4. The first kappa shape index (κ1) is 16.1. The molecule has 2 heterocycles. The monoisotopic (exact) mass is 343 g/mol. The molecular weight excluding hydrogens is 329 g/mol. The number of halogens is 1. The number of nitrogens with zero attached hydrogens (tertiary/aromatic N) is 2. The Kier molecular flexibility index (Phi) is 4.81. The van der Waals surface area contributed by atoms with Crippen LogP contribution in [-0.2, 0) is 4.79 Å². The van der Waals surface area contributed by atoms with Crippen LogP contribution in [0.5, 0.6) is 5.75 Å². The molecule has 1 N–H and O–H groups in total. The molecule has 1 amide bonds. The van der Waals surface area contributed by atoms with Crippen LogP contribution in [0.2, 0.25) is 0 Å². The average Bonchev–Trinajstić information content (AvgIpc) is 2.94. The Balaban J connectivity index is 1.63. The highest BCUT2D eigenvalue weighted by Crippen LogP contribution is 2.32. The van der Waals surface area contributed by atoms with Gasteiger partial charge in [0.1, 0.15) is 11.6 Å². The molecule has 0 aliphatic carbocycles. The summed E-state index contributed by atoms with van der Waals surface area (Å²) in [5, 5.41) is 3.17. The molecule has 0 radical (unpaired) electrons. The molecule has 0 saturated heterocycles. The summed E-state index contributed by atoms with van der Waals surface area (Å²) in [6.07, 6.45) is 3.45. The molecule has 0 aliphatic rings. The standard InChI is InChI=1S/C17H14FN3O2S/c1-11-16(12-4-3-7-19-9-12)24-17(20-11)21-15(22)10-23-14-6-2-5-13(18)8-14/h2-9H,10H2,1H3,(H,20,21,22). The van der Waals surface area contributed by atoms with E-state index < -0.39 is 5.82 Å². The lowest BCUT2D eigenvalue weighted by atomic mass is 10.2. The summed E-state index contributed by atoms with van der Waals surface area (Å²) >= 11 is 1.37. The van der Waals surface area contributed by atoms with Gasteiger partial charge in [-0.25, -0.2) is 9.37 Å². The van der Waals surface area contributed by atoms with Gasteiger partial charge in [0.15, 0.2) is 11.7 Å². The third-order valence-corrected chi connectivity index (χ3v) is 4.25. The van der Waals surface area contributed by atoms with Crippen LogP contribution in [0.25, 0.3) is 10.4 Å². The van der Waals surface area contributed by atoms with Crippen molar-refractivity contribution in [1.82, 2.24) is 9.97 Å². The van der Waals surface area contributed by atoms with E-state index in [1.165, 1.54) is 29.5 Å². The highest BCUT2D eigenvalue weighted by molar-refractivity contribution is 7.19. The number of rotatable bonds is 5. The number of nitrogens with one attached hydrogen (secondary N) is 1. The second-order valence-electron chi connectivity index (χ2n) is 4.97. The average molecular weight is 343 g/mol. The van der Waals surface area contributed by atoms with Gasteiger partial charge in [-0.1, -0.05) is 23.5 Å². The molecule has 24 heavy (non-hydrogen) atoms. The fourth-order valence-corrected chi connectivity index (χ4v) is 3.05. The zero-order chi connectivity index (χ0) is 16.9. The second-order valence-corrected chi connectivity index (χ2v) is 5.97. The largest absolute Gasteiger partial charge is 0.484 e. The number of thiazole rings is 1. The van der Waals surface area contributed by atoms with Crippen molar-refractivity contribution in [2.45, 2.75) is 6.92 Å². The van der Waals surface area contributed by atoms with Gasteiger partial charge >= 0.3 is 0 Å². The maximum absolute atomic E-state index is 13.1. The highest BCUT2D eigenvalue weighted by Gasteiger charge is 2.12. The molecule has 1 aromatic carbocycles. The Morgan fingerprint density at radius 3 is 2.96 bits per heavy atom. The first-order chi connectivity index (χ1) is 11.6. The molecule has 3 aromatic rings. The van der Waals surface area contributed by atoms with E-state index in [1.807, 2.05) is 19.1 Å². The number of carbonyl (C=O) groups is 1. The minimum atomic E-state index is -0.412. The van der Waals surface area contributed by atoms with Gasteiger partial charge in [-0.3, -0.25) is 15.1 Å². The lowest BCUT2D eigenvalue weighted by Gasteiger charge is -2.05. The summed E-state index contributed by atoms with van der Waals surface area (Å²) in [7, 11) is 0. The van der Waals surface area contributed by atoms with Crippen LogP contribution in [0, 0.1) is 12.7 Å². The van der Waals surface area contributed by atoms with Crippen LogP contribution >= 0.6 is 11.3 Å². The van der Waals surface area contributed by atoms with Gasteiger partial charge in [0, 0.05) is 24.0 Å². The van der Waals surface area contributed by atoms with Crippen LogP contribution < -0.4 is 10.1 Å². The SMILES string of the molecule is Cc1nc(NC(=O)COc2cccc(F)c2)sc1-c1cccnc1. The minimum Gasteiger partial charge on any atom is -0.484 e. The van der Waals surface area contributed by atoms with Crippen LogP contribution in [0.15, 0.2) is 48.8 Å². The first-order valence-corrected chi connectivity index (χ1v) is 7.99. The molecule has 7 heteroatoms. The van der Waals surface area contributed by atoms with Gasteiger partial charge in [0.25, 0.3) is 5.91 Å². The van der Waals surface area contributed by atoms with Crippen molar-refractivity contribution in [3.8, 4) is 16.2 Å². The van der Waals surface area contributed by atoms with Crippen molar-refractivity contribution >= 4 is 22.4 Å². The van der Waals surface area contributed by atoms with Gasteiger partial charge in [-0.15, -0.1) is 0 Å². The summed E-state index contributed by atoms with van der Waals surface area (Å²) < 4.78 is 18.3. The van der Waals surface area contributed by atoms with E-state index >= 15 is 0 Å². The zero-order valence-corrected chi connectivity index (χ0v) is 13.6. The van der Waals surface area contributed by atoms with E-state index in [0.29, 0.717) is 10.9 Å². The van der Waals surface area contributed by atoms with Gasteiger partial charge in [-0.05, 0) is 25.1 Å². The molecule has 2 aromatic heterocycles. The molecule has 0 aliphatic heterocycles. The lowest BCUT2D eigenvalue weighted by Crippen LogP contribution is -2.20. The van der Waals surface area contributed by atoms with Gasteiger partial charge < -0.3 is 4.74 Å². The number of anilines is 1. The van der Waals surface area contributed by atoms with E-state index in [2.05, 4.69) is 15.3 Å². The van der Waals surface area contributed by atoms with Crippen molar-refractivity contribution in [3.63, 3.8) is 0 Å². The van der Waals surface area contributed by atoms with Gasteiger partial charge in [0.2, 0.25) is 0 Å². The van der Waals surface area contributed by atoms with Crippen LogP contribution in [-0.4, -0.2) is 22.5 Å². The second kappa shape index (κ2) is 7.18. The summed E-state index contributed by atoms with van der Waals surface area (Å²) in [6, 6.07) is 9.43. The quantitative estimate of drug-likeness (QED) is 0.768. The maximum atomic E-state index is 13.1. The number of aryl methyl sites for hydroxylation is 1. The molecule has 0 fully saturated rings. The van der Waals surface area contributed by atoms with Crippen molar-refractivity contribution in [2.24, 2.45) is 0 Å². The number of pyridine rings is 1. The van der Waals surface area contributed by atoms with Crippen LogP contribution in [0.3, 0.4) is 0 Å². The van der Waals surface area contributed by atoms with E-state index in [1.54, 1.807) is 18.5 Å². The molecule has 3 rings (SSSR count). The van der Waals surface area contributed by atoms with Crippen molar-refractivity contribution in [3.05, 3.63) is 60.3 Å². The fourth-order valence-electron chi connectivity index (χ4n) is 2.08. The fraction of sp³-hybridized carbons (Fsp3) is 0.118. The van der Waals surface area contributed by atoms with Crippen LogP contribution in [0.1, 0.15) is 5.69 Å². The van der Waals surface area contributed by atoms with E-state index in [-0.39, 0.29) is 12.5 Å². The third kappa shape index (κ3) is 3.94. The van der Waals surface area contributed by atoms with E-state index in [4.69, 9.17) is 4.74 Å². The first-order valence-electron chi connectivity index (χ1n) is 7.18. The highest BCUT2D eigenvalue weighted by atomic mass is 32.1. The maximum Gasteiger partial charge on any atom is 0.264 e. The minimum absolute atomic E-state index is 0.218. The molecule has 0 atom stereocenters. The number of aromatic nitrogens is 2. The predicted molar refractivity (Wildman–Crippen MR) is 90.6 cm³/mol. The molecular formula is C17H14FN3O2S. The lowest BCUT2D eigenvalue weighted by molar-refractivity contribution is -0.118. The summed E-state index contributed by atoms with van der Waals surface area (Å²) in [5.74, 6) is -0.466. The number of hydrogen-bond acceptors (Lipinski definition) is 5. The number of benzene rings is 1. The number of hydrogen-bond donors (Lipinski definition) is 1. The Hall–Kier alpha value is -2.80. The molecule has 122 valence electrons. The summed E-state index contributed by atoms with van der Waals surface area (Å²) in [4.78, 5) is 21.3. The number of carbonyl (C=O) groups excluding carboxylic acids is 1. The molecule has 0 saturated carbocycles. The Morgan fingerprint density at radius 1 is 1.33 bits per heavy atom. The molecule has 0 unspecified atom stereocenters. The van der Waals surface area contributed by atoms with Gasteiger partial charge in [-0.2, -0.15) is 0 Å². The predicted octanol–water partition coefficient (Wildman–Crippen LogP) is 3.67.